The Morgan fingerprint density at radius 3 is 2.93 bits per heavy atom. The normalized spacial score (nSPS) is 28.5. The van der Waals surface area contributed by atoms with Crippen LogP contribution >= 0.6 is 0 Å². The zero-order valence-corrected chi connectivity index (χ0v) is 7.64. The second-order valence-corrected chi connectivity index (χ2v) is 4.11. The summed E-state index contributed by atoms with van der Waals surface area (Å²) < 4.78 is 12.9. The van der Waals surface area contributed by atoms with Crippen molar-refractivity contribution in [3.05, 3.63) is 35.1 Å². The van der Waals surface area contributed by atoms with Gasteiger partial charge < -0.3 is 5.32 Å². The molecule has 0 bridgehead atoms. The number of halogens is 1. The van der Waals surface area contributed by atoms with Crippen molar-refractivity contribution in [2.45, 2.75) is 24.8 Å². The van der Waals surface area contributed by atoms with E-state index in [0.29, 0.717) is 6.42 Å². The Balaban J connectivity index is 2.07. The van der Waals surface area contributed by atoms with Crippen molar-refractivity contribution in [1.29, 1.82) is 0 Å². The third kappa shape index (κ3) is 0.870. The van der Waals surface area contributed by atoms with Gasteiger partial charge in [0.25, 0.3) is 0 Å². The molecule has 1 atom stereocenters. The molecule has 1 aliphatic carbocycles. The molecule has 1 aromatic rings. The minimum Gasteiger partial charge on any atom is -0.346 e. The Labute approximate surface area is 81.1 Å². The van der Waals surface area contributed by atoms with Crippen LogP contribution in [-0.2, 0) is 16.8 Å². The van der Waals surface area contributed by atoms with Crippen LogP contribution in [-0.4, -0.2) is 5.91 Å². The molecule has 3 rings (SSSR count). The third-order valence-corrected chi connectivity index (χ3v) is 3.25. The van der Waals surface area contributed by atoms with Crippen LogP contribution in [0, 0.1) is 5.82 Å². The molecule has 1 spiro atoms. The first kappa shape index (κ1) is 7.97. The zero-order chi connectivity index (χ0) is 9.76. The van der Waals surface area contributed by atoms with Crippen LogP contribution in [0.15, 0.2) is 18.2 Å². The Morgan fingerprint density at radius 2 is 2.21 bits per heavy atom. The molecule has 1 N–H and O–H groups in total. The maximum absolute atomic E-state index is 12.9. The largest absolute Gasteiger partial charge is 0.346 e. The minimum atomic E-state index is -0.188. The van der Waals surface area contributed by atoms with E-state index in [2.05, 4.69) is 5.32 Å². The second-order valence-electron chi connectivity index (χ2n) is 4.11. The van der Waals surface area contributed by atoms with Gasteiger partial charge in [-0.05, 0) is 36.1 Å². The van der Waals surface area contributed by atoms with Gasteiger partial charge in [0.15, 0.2) is 0 Å². The summed E-state index contributed by atoms with van der Waals surface area (Å²) in [5.74, 6) is -0.0892. The highest BCUT2D eigenvalue weighted by molar-refractivity contribution is 5.86. The number of fused-ring (bicyclic) bond motifs is 2. The van der Waals surface area contributed by atoms with E-state index in [1.807, 2.05) is 0 Å². The van der Waals surface area contributed by atoms with Crippen molar-refractivity contribution >= 4 is 5.91 Å². The van der Waals surface area contributed by atoms with Crippen LogP contribution in [0.4, 0.5) is 4.39 Å². The van der Waals surface area contributed by atoms with Gasteiger partial charge in [0.1, 0.15) is 5.82 Å². The number of benzene rings is 1. The van der Waals surface area contributed by atoms with E-state index < -0.39 is 0 Å². The van der Waals surface area contributed by atoms with Gasteiger partial charge in [-0.15, -0.1) is 0 Å². The number of aryl methyl sites for hydroxylation is 1. The highest BCUT2D eigenvalue weighted by atomic mass is 19.1. The lowest BCUT2D eigenvalue weighted by Crippen LogP contribution is -2.57. The van der Waals surface area contributed by atoms with E-state index in [1.54, 1.807) is 12.1 Å². The first-order valence-electron chi connectivity index (χ1n) is 4.80. The van der Waals surface area contributed by atoms with Crippen LogP contribution in [0.5, 0.6) is 0 Å². The van der Waals surface area contributed by atoms with Crippen LogP contribution in [0.2, 0.25) is 0 Å². The summed E-state index contributed by atoms with van der Waals surface area (Å²) >= 11 is 0. The smallest absolute Gasteiger partial charge is 0.223 e. The summed E-state index contributed by atoms with van der Waals surface area (Å²) in [6.45, 7) is 0. The molecule has 0 saturated carbocycles. The molecule has 2 aliphatic rings. The highest BCUT2D eigenvalue weighted by Crippen LogP contribution is 2.43. The lowest BCUT2D eigenvalue weighted by Gasteiger charge is -2.39. The number of β-lactam (4-membered cyclic amide) rings is 1. The summed E-state index contributed by atoms with van der Waals surface area (Å²) in [6, 6.07) is 4.85. The van der Waals surface area contributed by atoms with Gasteiger partial charge in [0, 0.05) is 0 Å². The van der Waals surface area contributed by atoms with Gasteiger partial charge in [0.05, 0.1) is 12.0 Å². The number of hydrogen-bond acceptors (Lipinski definition) is 1. The molecular formula is C11H10FNO. The minimum absolute atomic E-state index is 0.0992. The molecule has 0 aromatic heterocycles. The number of rotatable bonds is 0. The molecule has 1 aliphatic heterocycles. The predicted molar refractivity (Wildman–Crippen MR) is 49.2 cm³/mol. The molecule has 14 heavy (non-hydrogen) atoms. The zero-order valence-electron chi connectivity index (χ0n) is 7.64. The summed E-state index contributed by atoms with van der Waals surface area (Å²) in [6.07, 6.45) is 2.34. The Morgan fingerprint density at radius 1 is 1.43 bits per heavy atom. The molecule has 72 valence electrons. The fraction of sp³-hybridized carbons (Fsp3) is 0.364. The summed E-state index contributed by atoms with van der Waals surface area (Å²) in [7, 11) is 0. The van der Waals surface area contributed by atoms with Crippen LogP contribution in [0.25, 0.3) is 0 Å². The van der Waals surface area contributed by atoms with E-state index in [4.69, 9.17) is 0 Å². The monoisotopic (exact) mass is 191 g/mol. The third-order valence-electron chi connectivity index (χ3n) is 3.25. The second kappa shape index (κ2) is 2.35. The van der Waals surface area contributed by atoms with Crippen molar-refractivity contribution in [1.82, 2.24) is 5.32 Å². The van der Waals surface area contributed by atoms with Gasteiger partial charge in [-0.25, -0.2) is 4.39 Å². The van der Waals surface area contributed by atoms with Crippen LogP contribution in [0.1, 0.15) is 24.0 Å². The molecule has 0 radical (unpaired) electrons. The average Bonchev–Trinajstić information content (AvgIpc) is 2.44. The Kier molecular flexibility index (Phi) is 1.34. The number of carbonyl (C=O) groups excluding carboxylic acids is 1. The van der Waals surface area contributed by atoms with Crippen molar-refractivity contribution in [2.24, 2.45) is 0 Å². The summed E-state index contributed by atoms with van der Waals surface area (Å²) in [5.41, 5.74) is 2.00. The van der Waals surface area contributed by atoms with Gasteiger partial charge in [-0.2, -0.15) is 0 Å². The number of nitrogens with one attached hydrogen (secondary N) is 1. The molecule has 1 saturated heterocycles. The molecule has 3 heteroatoms. The van der Waals surface area contributed by atoms with E-state index in [9.17, 15) is 9.18 Å². The number of carbonyl (C=O) groups is 1. The van der Waals surface area contributed by atoms with Crippen molar-refractivity contribution in [3.8, 4) is 0 Å². The van der Waals surface area contributed by atoms with E-state index in [0.717, 1.165) is 24.0 Å². The number of amides is 1. The van der Waals surface area contributed by atoms with Crippen LogP contribution < -0.4 is 5.32 Å². The average molecular weight is 191 g/mol. The van der Waals surface area contributed by atoms with E-state index in [1.165, 1.54) is 6.07 Å². The van der Waals surface area contributed by atoms with Gasteiger partial charge >= 0.3 is 0 Å². The van der Waals surface area contributed by atoms with Gasteiger partial charge in [-0.3, -0.25) is 4.79 Å². The topological polar surface area (TPSA) is 29.1 Å². The fourth-order valence-electron chi connectivity index (χ4n) is 2.55. The van der Waals surface area contributed by atoms with E-state index in [-0.39, 0.29) is 17.3 Å². The molecule has 1 heterocycles. The first-order valence-corrected chi connectivity index (χ1v) is 4.80. The molecule has 1 aromatic carbocycles. The Bertz CT molecular complexity index is 419. The molecule has 1 fully saturated rings. The lowest BCUT2D eigenvalue weighted by atomic mass is 9.82. The first-order chi connectivity index (χ1) is 6.70. The quantitative estimate of drug-likeness (QED) is 0.618. The standard InChI is InChI=1S/C11H10FNO/c12-8-1-2-9-7(5-8)3-4-11(9)6-10(14)13-11/h1-2,5H,3-4,6H2,(H,13,14). The maximum atomic E-state index is 12.9. The van der Waals surface area contributed by atoms with Crippen molar-refractivity contribution < 1.29 is 9.18 Å². The number of hydrogen-bond donors (Lipinski definition) is 1. The molecule has 1 amide bonds. The highest BCUT2D eigenvalue weighted by Gasteiger charge is 2.48. The van der Waals surface area contributed by atoms with Gasteiger partial charge in [0.2, 0.25) is 5.91 Å². The SMILES string of the molecule is O=C1CC2(CCc3cc(F)ccc32)N1. The van der Waals surface area contributed by atoms with Crippen molar-refractivity contribution in [2.75, 3.05) is 0 Å². The van der Waals surface area contributed by atoms with Crippen LogP contribution in [0.3, 0.4) is 0 Å². The van der Waals surface area contributed by atoms with Gasteiger partial charge in [-0.1, -0.05) is 6.07 Å². The van der Waals surface area contributed by atoms with Crippen molar-refractivity contribution in [3.63, 3.8) is 0 Å². The fourth-order valence-corrected chi connectivity index (χ4v) is 2.55. The lowest BCUT2D eigenvalue weighted by molar-refractivity contribution is -0.133. The van der Waals surface area contributed by atoms with E-state index >= 15 is 0 Å². The summed E-state index contributed by atoms with van der Waals surface area (Å²) in [5, 5.41) is 2.93. The molecular weight excluding hydrogens is 181 g/mol. The molecule has 2 nitrogen and oxygen atoms in total. The predicted octanol–water partition coefficient (Wildman–Crippen LogP) is 1.49. The molecule has 1 unspecified atom stereocenters. The summed E-state index contributed by atoms with van der Waals surface area (Å²) in [4.78, 5) is 11.0. The maximum Gasteiger partial charge on any atom is 0.223 e. The Hall–Kier alpha value is -1.38.